The average molecular weight is 143 g/mol. The number of allylic oxidation sites excluding steroid dienone is 1. The van der Waals surface area contributed by atoms with Crippen LogP contribution in [0.15, 0.2) is 12.3 Å². The van der Waals surface area contributed by atoms with Crippen LogP contribution in [0.3, 0.4) is 0 Å². The van der Waals surface area contributed by atoms with Gasteiger partial charge in [-0.2, -0.15) is 0 Å². The van der Waals surface area contributed by atoms with E-state index in [1.807, 2.05) is 6.92 Å². The minimum absolute atomic E-state index is 0.228. The molecule has 0 aliphatic carbocycles. The van der Waals surface area contributed by atoms with Gasteiger partial charge in [0, 0.05) is 5.92 Å². The van der Waals surface area contributed by atoms with Gasteiger partial charge < -0.3 is 10.8 Å². The van der Waals surface area contributed by atoms with Crippen molar-refractivity contribution >= 4 is 0 Å². The molecule has 0 fully saturated rings. The molecule has 10 heavy (non-hydrogen) atoms. The lowest BCUT2D eigenvalue weighted by Crippen LogP contribution is -2.01. The summed E-state index contributed by atoms with van der Waals surface area (Å²) in [5.74, 6) is 0.517. The maximum absolute atomic E-state index is 8.89. The number of hydrogen-bond donors (Lipinski definition) is 2. The van der Waals surface area contributed by atoms with Crippen molar-refractivity contribution in [1.29, 1.82) is 0 Å². The fraction of sp³-hybridized carbons (Fsp3) is 0.750. The van der Waals surface area contributed by atoms with Crippen LogP contribution in [0, 0.1) is 5.92 Å². The summed E-state index contributed by atoms with van der Waals surface area (Å²) < 4.78 is 0. The molecule has 0 amide bonds. The number of hydrogen-bond acceptors (Lipinski definition) is 2. The molecule has 0 saturated heterocycles. The molecule has 0 aromatic heterocycles. The molecule has 0 aromatic carbocycles. The molecule has 0 heterocycles. The van der Waals surface area contributed by atoms with Crippen molar-refractivity contribution in [3.8, 4) is 0 Å². The molecule has 0 spiro atoms. The molecule has 0 radical (unpaired) electrons. The number of aliphatic hydroxyl groups is 1. The third-order valence-corrected chi connectivity index (χ3v) is 1.66. The molecule has 0 aromatic rings. The van der Waals surface area contributed by atoms with E-state index in [1.54, 1.807) is 0 Å². The average Bonchev–Trinajstić information content (AvgIpc) is 1.88. The van der Waals surface area contributed by atoms with Crippen LogP contribution in [-0.4, -0.2) is 11.7 Å². The number of aliphatic hydroxyl groups excluding tert-OH is 1. The molecular formula is C8H17NO. The van der Waals surface area contributed by atoms with Crippen LogP contribution in [0.25, 0.3) is 0 Å². The molecular weight excluding hydrogens is 126 g/mol. The summed E-state index contributed by atoms with van der Waals surface area (Å²) in [4.78, 5) is 0. The second-order valence-electron chi connectivity index (χ2n) is 2.68. The zero-order chi connectivity index (χ0) is 7.98. The quantitative estimate of drug-likeness (QED) is 0.455. The minimum atomic E-state index is 0.228. The van der Waals surface area contributed by atoms with Crippen LogP contribution >= 0.6 is 0 Å². The van der Waals surface area contributed by atoms with Crippen molar-refractivity contribution in [2.24, 2.45) is 11.7 Å². The van der Waals surface area contributed by atoms with Gasteiger partial charge in [-0.05, 0) is 19.4 Å². The van der Waals surface area contributed by atoms with Crippen LogP contribution in [0.1, 0.15) is 26.2 Å². The lowest BCUT2D eigenvalue weighted by Gasteiger charge is -2.07. The molecule has 3 N–H and O–H groups in total. The highest BCUT2D eigenvalue weighted by atomic mass is 16.3. The molecule has 2 nitrogen and oxygen atoms in total. The van der Waals surface area contributed by atoms with Gasteiger partial charge in [0.25, 0.3) is 0 Å². The van der Waals surface area contributed by atoms with Crippen LogP contribution in [0.4, 0.5) is 0 Å². The van der Waals surface area contributed by atoms with Gasteiger partial charge in [-0.15, -0.1) is 0 Å². The van der Waals surface area contributed by atoms with E-state index in [4.69, 9.17) is 10.8 Å². The monoisotopic (exact) mass is 143 g/mol. The Balaban J connectivity index is 3.21. The van der Waals surface area contributed by atoms with Gasteiger partial charge in [-0.3, -0.25) is 0 Å². The standard InChI is InChI=1S/C8H17NO/c1-7(8(2)10)5-3-4-6-9/h7,10H,2-6,9H2,1H3/t7-/m0/s1. The summed E-state index contributed by atoms with van der Waals surface area (Å²) >= 11 is 0. The molecule has 1 atom stereocenters. The summed E-state index contributed by atoms with van der Waals surface area (Å²) in [5.41, 5.74) is 5.31. The topological polar surface area (TPSA) is 46.2 Å². The molecule has 0 rings (SSSR count). The maximum Gasteiger partial charge on any atom is 0.0879 e. The Morgan fingerprint density at radius 1 is 1.60 bits per heavy atom. The Labute approximate surface area is 62.7 Å². The van der Waals surface area contributed by atoms with Crippen LogP contribution < -0.4 is 5.73 Å². The first-order valence-electron chi connectivity index (χ1n) is 3.76. The van der Waals surface area contributed by atoms with E-state index >= 15 is 0 Å². The Hall–Kier alpha value is -0.500. The van der Waals surface area contributed by atoms with Crippen molar-refractivity contribution in [1.82, 2.24) is 0 Å². The van der Waals surface area contributed by atoms with Crippen molar-refractivity contribution in [2.45, 2.75) is 26.2 Å². The Kier molecular flexibility index (Phi) is 5.03. The Morgan fingerprint density at radius 3 is 2.60 bits per heavy atom. The summed E-state index contributed by atoms with van der Waals surface area (Å²) in [6, 6.07) is 0. The van der Waals surface area contributed by atoms with Gasteiger partial charge in [0.15, 0.2) is 0 Å². The lowest BCUT2D eigenvalue weighted by atomic mass is 10.0. The van der Waals surface area contributed by atoms with Crippen LogP contribution in [0.5, 0.6) is 0 Å². The van der Waals surface area contributed by atoms with Crippen LogP contribution in [0.2, 0.25) is 0 Å². The Morgan fingerprint density at radius 2 is 2.20 bits per heavy atom. The van der Waals surface area contributed by atoms with E-state index in [1.165, 1.54) is 0 Å². The zero-order valence-electron chi connectivity index (χ0n) is 6.64. The summed E-state index contributed by atoms with van der Waals surface area (Å²) in [5, 5.41) is 8.89. The van der Waals surface area contributed by atoms with Crippen molar-refractivity contribution < 1.29 is 5.11 Å². The molecule has 0 saturated carbocycles. The van der Waals surface area contributed by atoms with E-state index in [0.29, 0.717) is 0 Å². The van der Waals surface area contributed by atoms with E-state index in [9.17, 15) is 0 Å². The minimum Gasteiger partial charge on any atom is -0.513 e. The number of unbranched alkanes of at least 4 members (excludes halogenated alkanes) is 1. The fourth-order valence-corrected chi connectivity index (χ4v) is 0.761. The SMILES string of the molecule is C=C(O)[C@@H](C)CCCCN. The molecule has 0 bridgehead atoms. The van der Waals surface area contributed by atoms with Crippen LogP contribution in [-0.2, 0) is 0 Å². The van der Waals surface area contributed by atoms with E-state index in [2.05, 4.69) is 6.58 Å². The first kappa shape index (κ1) is 9.50. The Bertz CT molecular complexity index is 101. The second-order valence-corrected chi connectivity index (χ2v) is 2.68. The van der Waals surface area contributed by atoms with Crippen molar-refractivity contribution in [2.75, 3.05) is 6.54 Å². The second kappa shape index (κ2) is 5.30. The smallest absolute Gasteiger partial charge is 0.0879 e. The van der Waals surface area contributed by atoms with Gasteiger partial charge in [-0.1, -0.05) is 19.9 Å². The number of rotatable bonds is 5. The summed E-state index contributed by atoms with van der Waals surface area (Å²) in [6.45, 7) is 6.17. The summed E-state index contributed by atoms with van der Waals surface area (Å²) in [6.07, 6.45) is 3.11. The maximum atomic E-state index is 8.89. The van der Waals surface area contributed by atoms with Gasteiger partial charge in [0.1, 0.15) is 0 Å². The molecule has 2 heteroatoms. The summed E-state index contributed by atoms with van der Waals surface area (Å²) in [7, 11) is 0. The third kappa shape index (κ3) is 4.39. The highest BCUT2D eigenvalue weighted by molar-refractivity contribution is 4.85. The molecule has 0 aliphatic rings. The normalized spacial score (nSPS) is 13.0. The molecule has 60 valence electrons. The number of nitrogens with two attached hydrogens (primary N) is 1. The predicted octanol–water partition coefficient (Wildman–Crippen LogP) is 1.82. The molecule has 0 unspecified atom stereocenters. The first-order chi connectivity index (χ1) is 4.68. The first-order valence-corrected chi connectivity index (χ1v) is 3.76. The van der Waals surface area contributed by atoms with Crippen molar-refractivity contribution in [3.63, 3.8) is 0 Å². The fourth-order valence-electron chi connectivity index (χ4n) is 0.761. The van der Waals surface area contributed by atoms with Gasteiger partial charge in [0.05, 0.1) is 5.76 Å². The predicted molar refractivity (Wildman–Crippen MR) is 43.8 cm³/mol. The van der Waals surface area contributed by atoms with Gasteiger partial charge in [-0.25, -0.2) is 0 Å². The molecule has 0 aliphatic heterocycles. The van der Waals surface area contributed by atoms with Gasteiger partial charge >= 0.3 is 0 Å². The van der Waals surface area contributed by atoms with E-state index in [0.717, 1.165) is 25.8 Å². The largest absolute Gasteiger partial charge is 0.513 e. The van der Waals surface area contributed by atoms with E-state index in [-0.39, 0.29) is 11.7 Å². The van der Waals surface area contributed by atoms with Gasteiger partial charge in [0.2, 0.25) is 0 Å². The highest BCUT2D eigenvalue weighted by Crippen LogP contribution is 2.12. The van der Waals surface area contributed by atoms with Crippen molar-refractivity contribution in [3.05, 3.63) is 12.3 Å². The lowest BCUT2D eigenvalue weighted by molar-refractivity contribution is 0.329. The third-order valence-electron chi connectivity index (χ3n) is 1.66. The zero-order valence-corrected chi connectivity index (χ0v) is 6.64. The van der Waals surface area contributed by atoms with E-state index < -0.39 is 0 Å². The highest BCUT2D eigenvalue weighted by Gasteiger charge is 2.02.